The van der Waals surface area contributed by atoms with E-state index in [2.05, 4.69) is 40.2 Å². The van der Waals surface area contributed by atoms with Crippen molar-refractivity contribution in [3.63, 3.8) is 0 Å². The van der Waals surface area contributed by atoms with Gasteiger partial charge in [0.1, 0.15) is 11.6 Å². The Hall–Kier alpha value is -2.33. The molecule has 4 nitrogen and oxygen atoms in total. The monoisotopic (exact) mass is 335 g/mol. The zero-order valence-electron chi connectivity index (χ0n) is 14.7. The van der Waals surface area contributed by atoms with Crippen LogP contribution in [0.4, 0.5) is 0 Å². The molecule has 0 unspecified atom stereocenters. The van der Waals surface area contributed by atoms with E-state index in [1.165, 1.54) is 24.8 Å². The molecule has 4 rings (SSSR count). The number of H-pyrrole nitrogens is 1. The molecule has 1 aliphatic heterocycles. The summed E-state index contributed by atoms with van der Waals surface area (Å²) in [5.41, 5.74) is 3.52. The highest BCUT2D eigenvalue weighted by molar-refractivity contribution is 5.76. The Morgan fingerprint density at radius 3 is 2.68 bits per heavy atom. The summed E-state index contributed by atoms with van der Waals surface area (Å²) in [6, 6.07) is 16.9. The maximum absolute atomic E-state index is 5.28. The van der Waals surface area contributed by atoms with Gasteiger partial charge in [-0.2, -0.15) is 0 Å². The van der Waals surface area contributed by atoms with Gasteiger partial charge >= 0.3 is 0 Å². The topological polar surface area (TPSA) is 41.1 Å². The van der Waals surface area contributed by atoms with Crippen molar-refractivity contribution in [1.82, 2.24) is 14.9 Å². The fourth-order valence-corrected chi connectivity index (χ4v) is 3.75. The molecule has 3 aromatic rings. The summed E-state index contributed by atoms with van der Waals surface area (Å²) in [6.07, 6.45) is 3.74. The Labute approximate surface area is 148 Å². The average Bonchev–Trinajstić information content (AvgIpc) is 3.05. The van der Waals surface area contributed by atoms with Crippen molar-refractivity contribution in [2.75, 3.05) is 20.2 Å². The van der Waals surface area contributed by atoms with Crippen LogP contribution < -0.4 is 4.74 Å². The minimum Gasteiger partial charge on any atom is -0.497 e. The first-order chi connectivity index (χ1) is 12.3. The summed E-state index contributed by atoms with van der Waals surface area (Å²) in [6.45, 7) is 3.20. The molecule has 1 fully saturated rings. The molecule has 25 heavy (non-hydrogen) atoms. The molecule has 0 aliphatic carbocycles. The van der Waals surface area contributed by atoms with Crippen molar-refractivity contribution in [3.8, 4) is 5.75 Å². The maximum Gasteiger partial charge on any atom is 0.121 e. The van der Waals surface area contributed by atoms with Crippen LogP contribution in [-0.2, 0) is 13.0 Å². The molecule has 1 N–H and O–H groups in total. The van der Waals surface area contributed by atoms with Crippen molar-refractivity contribution >= 4 is 11.0 Å². The molecule has 130 valence electrons. The summed E-state index contributed by atoms with van der Waals surface area (Å²) in [4.78, 5) is 10.7. The molecule has 2 heterocycles. The number of nitrogens with one attached hydrogen (secondary N) is 1. The molecule has 0 spiro atoms. The smallest absolute Gasteiger partial charge is 0.121 e. The highest BCUT2D eigenvalue weighted by atomic mass is 16.5. The van der Waals surface area contributed by atoms with Gasteiger partial charge in [-0.25, -0.2) is 4.98 Å². The number of ether oxygens (including phenoxy) is 1. The van der Waals surface area contributed by atoms with E-state index in [-0.39, 0.29) is 0 Å². The predicted molar refractivity (Wildman–Crippen MR) is 101 cm³/mol. The SMILES string of the molecule is COc1ccc2[nH]c(CN3CCC(Cc4ccccc4)CC3)nc2c1. The first-order valence-electron chi connectivity index (χ1n) is 9.09. The van der Waals surface area contributed by atoms with Crippen molar-refractivity contribution < 1.29 is 4.74 Å². The summed E-state index contributed by atoms with van der Waals surface area (Å²) in [5, 5.41) is 0. The molecule has 1 aliphatic rings. The molecule has 0 amide bonds. The van der Waals surface area contributed by atoms with Gasteiger partial charge in [0.25, 0.3) is 0 Å². The summed E-state index contributed by atoms with van der Waals surface area (Å²) in [5.74, 6) is 2.70. The summed E-state index contributed by atoms with van der Waals surface area (Å²) >= 11 is 0. The Balaban J connectivity index is 1.34. The van der Waals surface area contributed by atoms with Crippen LogP contribution in [0.2, 0.25) is 0 Å². The van der Waals surface area contributed by atoms with Gasteiger partial charge < -0.3 is 9.72 Å². The lowest BCUT2D eigenvalue weighted by Crippen LogP contribution is -2.34. The van der Waals surface area contributed by atoms with Crippen LogP contribution in [0.3, 0.4) is 0 Å². The largest absolute Gasteiger partial charge is 0.497 e. The van der Waals surface area contributed by atoms with Crippen LogP contribution in [0, 0.1) is 5.92 Å². The van der Waals surface area contributed by atoms with Gasteiger partial charge in [-0.1, -0.05) is 30.3 Å². The Morgan fingerprint density at radius 1 is 1.12 bits per heavy atom. The number of likely N-dealkylation sites (tertiary alicyclic amines) is 1. The van der Waals surface area contributed by atoms with E-state index >= 15 is 0 Å². The van der Waals surface area contributed by atoms with Crippen molar-refractivity contribution in [2.24, 2.45) is 5.92 Å². The third kappa shape index (κ3) is 3.85. The number of hydrogen-bond donors (Lipinski definition) is 1. The fraction of sp³-hybridized carbons (Fsp3) is 0.381. The number of imidazole rings is 1. The van der Waals surface area contributed by atoms with Crippen LogP contribution in [0.5, 0.6) is 5.75 Å². The third-order valence-electron chi connectivity index (χ3n) is 5.19. The number of hydrogen-bond acceptors (Lipinski definition) is 3. The lowest BCUT2D eigenvalue weighted by atomic mass is 9.90. The lowest BCUT2D eigenvalue weighted by molar-refractivity contribution is 0.174. The molecule has 1 saturated heterocycles. The number of aromatic nitrogens is 2. The van der Waals surface area contributed by atoms with E-state index in [9.17, 15) is 0 Å². The average molecular weight is 335 g/mol. The van der Waals surface area contributed by atoms with Gasteiger partial charge in [0.15, 0.2) is 0 Å². The van der Waals surface area contributed by atoms with E-state index in [1.807, 2.05) is 18.2 Å². The van der Waals surface area contributed by atoms with Crippen LogP contribution in [0.15, 0.2) is 48.5 Å². The minimum atomic E-state index is 0.804. The minimum absolute atomic E-state index is 0.804. The van der Waals surface area contributed by atoms with E-state index in [0.29, 0.717) is 0 Å². The van der Waals surface area contributed by atoms with Crippen LogP contribution in [0.25, 0.3) is 11.0 Å². The fourth-order valence-electron chi connectivity index (χ4n) is 3.75. The lowest BCUT2D eigenvalue weighted by Gasteiger charge is -2.31. The molecule has 1 aromatic heterocycles. The maximum atomic E-state index is 5.28. The summed E-state index contributed by atoms with van der Waals surface area (Å²) < 4.78 is 5.28. The van der Waals surface area contributed by atoms with Gasteiger partial charge in [0.05, 0.1) is 24.7 Å². The number of fused-ring (bicyclic) bond motifs is 1. The highest BCUT2D eigenvalue weighted by Gasteiger charge is 2.20. The van der Waals surface area contributed by atoms with Gasteiger partial charge in [0, 0.05) is 6.07 Å². The number of aromatic amines is 1. The number of piperidine rings is 1. The standard InChI is InChI=1S/C21H25N3O/c1-25-18-7-8-19-20(14-18)23-21(22-19)15-24-11-9-17(10-12-24)13-16-5-3-2-4-6-16/h2-8,14,17H,9-13,15H2,1H3,(H,22,23). The molecular formula is C21H25N3O. The second kappa shape index (κ2) is 7.28. The zero-order valence-corrected chi connectivity index (χ0v) is 14.7. The van der Waals surface area contributed by atoms with E-state index < -0.39 is 0 Å². The number of nitrogens with zero attached hydrogens (tertiary/aromatic N) is 2. The highest BCUT2D eigenvalue weighted by Crippen LogP contribution is 2.23. The third-order valence-corrected chi connectivity index (χ3v) is 5.19. The normalized spacial score (nSPS) is 16.4. The second-order valence-corrected chi connectivity index (χ2v) is 6.98. The first-order valence-corrected chi connectivity index (χ1v) is 9.09. The van der Waals surface area contributed by atoms with Gasteiger partial charge in [-0.15, -0.1) is 0 Å². The van der Waals surface area contributed by atoms with E-state index in [1.54, 1.807) is 7.11 Å². The van der Waals surface area contributed by atoms with Crippen LogP contribution in [-0.4, -0.2) is 35.1 Å². The van der Waals surface area contributed by atoms with Gasteiger partial charge in [-0.3, -0.25) is 4.90 Å². The molecule has 0 atom stereocenters. The Bertz CT molecular complexity index is 820. The number of benzene rings is 2. The quantitative estimate of drug-likeness (QED) is 0.765. The van der Waals surface area contributed by atoms with E-state index in [0.717, 1.165) is 48.2 Å². The van der Waals surface area contributed by atoms with Gasteiger partial charge in [-0.05, 0) is 56.0 Å². The first kappa shape index (κ1) is 16.2. The Morgan fingerprint density at radius 2 is 1.92 bits per heavy atom. The van der Waals surface area contributed by atoms with E-state index in [4.69, 9.17) is 9.72 Å². The molecule has 4 heteroatoms. The van der Waals surface area contributed by atoms with Crippen molar-refractivity contribution in [1.29, 1.82) is 0 Å². The molecule has 2 aromatic carbocycles. The van der Waals surface area contributed by atoms with Crippen molar-refractivity contribution in [3.05, 3.63) is 59.9 Å². The number of methoxy groups -OCH3 is 1. The zero-order chi connectivity index (χ0) is 17.1. The second-order valence-electron chi connectivity index (χ2n) is 6.98. The molecular weight excluding hydrogens is 310 g/mol. The Kier molecular flexibility index (Phi) is 4.70. The summed E-state index contributed by atoms with van der Waals surface area (Å²) in [7, 11) is 1.69. The van der Waals surface area contributed by atoms with Gasteiger partial charge in [0.2, 0.25) is 0 Å². The van der Waals surface area contributed by atoms with Crippen LogP contribution >= 0.6 is 0 Å². The predicted octanol–water partition coefficient (Wildman–Crippen LogP) is 4.03. The van der Waals surface area contributed by atoms with Crippen molar-refractivity contribution in [2.45, 2.75) is 25.8 Å². The molecule has 0 saturated carbocycles. The molecule has 0 radical (unpaired) electrons. The molecule has 0 bridgehead atoms. The number of rotatable bonds is 5. The van der Waals surface area contributed by atoms with Crippen LogP contribution in [0.1, 0.15) is 24.2 Å².